The van der Waals surface area contributed by atoms with Crippen LogP contribution in [0.1, 0.15) is 22.8 Å². The van der Waals surface area contributed by atoms with E-state index in [1.165, 1.54) is 14.0 Å². The molecule has 0 aromatic heterocycles. The van der Waals surface area contributed by atoms with E-state index in [9.17, 15) is 14.4 Å². The summed E-state index contributed by atoms with van der Waals surface area (Å²) < 4.78 is 11.5. The van der Waals surface area contributed by atoms with Crippen LogP contribution in [0.15, 0.2) is 47.5 Å². The second-order valence-corrected chi connectivity index (χ2v) is 8.97. The summed E-state index contributed by atoms with van der Waals surface area (Å²) in [4.78, 5) is 40.6. The quantitative estimate of drug-likeness (QED) is 0.562. The number of thioether (sulfide) groups is 2. The molecule has 2 aromatic carbocycles. The minimum atomic E-state index is -0.573. The van der Waals surface area contributed by atoms with Crippen molar-refractivity contribution in [3.8, 4) is 5.75 Å². The molecule has 0 atom stereocenters. The number of carbonyl (C=O) groups is 3. The molecule has 0 saturated carbocycles. The summed E-state index contributed by atoms with van der Waals surface area (Å²) in [7, 11) is 1.47. The standard InChI is InChI=1S/C22H23N3O5S2/c1-14(26)24-16-7-8-19(29-2)18(11-16)25-20(27)12-30-21(28)17-6-4-3-5-15(17)13-32-22-23-9-10-31-22/h3-8,11H,9-10,12-13H2,1-2H3,(H,24,26)(H,25,27). The maximum atomic E-state index is 12.6. The summed E-state index contributed by atoms with van der Waals surface area (Å²) in [5, 5.41) is 5.28. The van der Waals surface area contributed by atoms with Crippen LogP contribution in [0.3, 0.4) is 0 Å². The number of rotatable bonds is 8. The number of nitrogens with zero attached hydrogens (tertiary/aromatic N) is 1. The van der Waals surface area contributed by atoms with E-state index in [4.69, 9.17) is 9.47 Å². The largest absolute Gasteiger partial charge is 0.495 e. The van der Waals surface area contributed by atoms with E-state index in [2.05, 4.69) is 15.6 Å². The molecule has 0 aliphatic carbocycles. The van der Waals surface area contributed by atoms with E-state index in [1.54, 1.807) is 53.9 Å². The van der Waals surface area contributed by atoms with Crippen molar-refractivity contribution in [3.05, 3.63) is 53.6 Å². The van der Waals surface area contributed by atoms with Crippen molar-refractivity contribution in [2.75, 3.05) is 36.6 Å². The first-order valence-corrected chi connectivity index (χ1v) is 11.7. The van der Waals surface area contributed by atoms with Crippen LogP contribution in [0, 0.1) is 0 Å². The van der Waals surface area contributed by atoms with Gasteiger partial charge in [-0.1, -0.05) is 41.7 Å². The van der Waals surface area contributed by atoms with Crippen molar-refractivity contribution in [1.29, 1.82) is 0 Å². The summed E-state index contributed by atoms with van der Waals surface area (Å²) in [6.07, 6.45) is 0. The maximum Gasteiger partial charge on any atom is 0.338 e. The number of hydrogen-bond acceptors (Lipinski definition) is 8. The predicted octanol–water partition coefficient (Wildman–Crippen LogP) is 3.79. The van der Waals surface area contributed by atoms with E-state index in [0.717, 1.165) is 22.2 Å². The van der Waals surface area contributed by atoms with Gasteiger partial charge in [0.25, 0.3) is 5.91 Å². The van der Waals surface area contributed by atoms with E-state index in [1.807, 2.05) is 12.1 Å². The molecule has 32 heavy (non-hydrogen) atoms. The van der Waals surface area contributed by atoms with Crippen LogP contribution in [0.2, 0.25) is 0 Å². The summed E-state index contributed by atoms with van der Waals surface area (Å²) in [6, 6.07) is 12.0. The highest BCUT2D eigenvalue weighted by molar-refractivity contribution is 8.38. The Morgan fingerprint density at radius 3 is 2.69 bits per heavy atom. The van der Waals surface area contributed by atoms with Crippen LogP contribution in [0.4, 0.5) is 11.4 Å². The molecule has 2 aromatic rings. The Bertz CT molecular complexity index is 1040. The lowest BCUT2D eigenvalue weighted by Crippen LogP contribution is -2.22. The molecule has 8 nitrogen and oxygen atoms in total. The zero-order valence-electron chi connectivity index (χ0n) is 17.7. The van der Waals surface area contributed by atoms with Crippen molar-refractivity contribution in [2.24, 2.45) is 4.99 Å². The number of esters is 1. The van der Waals surface area contributed by atoms with Crippen molar-refractivity contribution in [3.63, 3.8) is 0 Å². The van der Waals surface area contributed by atoms with Gasteiger partial charge in [0.1, 0.15) is 10.1 Å². The second kappa shape index (κ2) is 11.6. The summed E-state index contributed by atoms with van der Waals surface area (Å²) in [5.41, 5.74) is 2.10. The third-order valence-electron chi connectivity index (χ3n) is 4.27. The molecule has 168 valence electrons. The molecule has 1 aliphatic heterocycles. The highest BCUT2D eigenvalue weighted by Crippen LogP contribution is 2.28. The molecule has 1 aliphatic rings. The van der Waals surface area contributed by atoms with Gasteiger partial charge in [-0.05, 0) is 29.8 Å². The molecule has 0 bridgehead atoms. The Morgan fingerprint density at radius 1 is 1.16 bits per heavy atom. The molecule has 1 heterocycles. The van der Waals surface area contributed by atoms with Gasteiger partial charge in [-0.15, -0.1) is 0 Å². The Kier molecular flexibility index (Phi) is 8.57. The lowest BCUT2D eigenvalue weighted by molar-refractivity contribution is -0.119. The summed E-state index contributed by atoms with van der Waals surface area (Å²) in [6.45, 7) is 1.75. The van der Waals surface area contributed by atoms with Gasteiger partial charge >= 0.3 is 5.97 Å². The number of amides is 2. The number of anilines is 2. The normalized spacial score (nSPS) is 12.6. The van der Waals surface area contributed by atoms with Crippen LogP contribution in [-0.2, 0) is 20.1 Å². The molecule has 0 radical (unpaired) electrons. The third-order valence-corrected chi connectivity index (χ3v) is 6.58. The fourth-order valence-corrected chi connectivity index (χ4v) is 4.88. The van der Waals surface area contributed by atoms with Crippen molar-refractivity contribution < 1.29 is 23.9 Å². The van der Waals surface area contributed by atoms with E-state index >= 15 is 0 Å². The zero-order chi connectivity index (χ0) is 22.9. The average Bonchev–Trinajstić information content (AvgIpc) is 3.30. The van der Waals surface area contributed by atoms with Crippen molar-refractivity contribution in [1.82, 2.24) is 0 Å². The Labute approximate surface area is 194 Å². The number of ether oxygens (including phenoxy) is 2. The summed E-state index contributed by atoms with van der Waals surface area (Å²) >= 11 is 3.29. The number of carbonyl (C=O) groups excluding carboxylic acids is 3. The monoisotopic (exact) mass is 473 g/mol. The first kappa shape index (κ1) is 23.7. The van der Waals surface area contributed by atoms with Gasteiger partial charge < -0.3 is 20.1 Å². The highest BCUT2D eigenvalue weighted by Gasteiger charge is 2.17. The Morgan fingerprint density at radius 2 is 1.97 bits per heavy atom. The van der Waals surface area contributed by atoms with E-state index < -0.39 is 18.5 Å². The number of benzene rings is 2. The Hall–Kier alpha value is -2.98. The molecular weight excluding hydrogens is 450 g/mol. The lowest BCUT2D eigenvalue weighted by atomic mass is 10.1. The number of hydrogen-bond donors (Lipinski definition) is 2. The third kappa shape index (κ3) is 6.76. The van der Waals surface area contributed by atoms with Gasteiger partial charge in [-0.2, -0.15) is 0 Å². The number of nitrogens with one attached hydrogen (secondary N) is 2. The van der Waals surface area contributed by atoms with Crippen molar-refractivity contribution in [2.45, 2.75) is 12.7 Å². The van der Waals surface area contributed by atoms with Crippen LogP contribution in [-0.4, -0.2) is 48.2 Å². The van der Waals surface area contributed by atoms with Gasteiger partial charge in [0.05, 0.1) is 24.9 Å². The first-order chi connectivity index (χ1) is 15.5. The van der Waals surface area contributed by atoms with Gasteiger partial charge in [0, 0.05) is 24.1 Å². The fraction of sp³-hybridized carbons (Fsp3) is 0.273. The van der Waals surface area contributed by atoms with Crippen LogP contribution < -0.4 is 15.4 Å². The zero-order valence-corrected chi connectivity index (χ0v) is 19.3. The van der Waals surface area contributed by atoms with E-state index in [-0.39, 0.29) is 5.91 Å². The number of methoxy groups -OCH3 is 1. The molecular formula is C22H23N3O5S2. The molecule has 2 amide bonds. The van der Waals surface area contributed by atoms with Crippen molar-refractivity contribution >= 4 is 57.1 Å². The molecule has 3 rings (SSSR count). The molecule has 0 unspecified atom stereocenters. The predicted molar refractivity (Wildman–Crippen MR) is 129 cm³/mol. The summed E-state index contributed by atoms with van der Waals surface area (Å²) in [5.74, 6) is 0.651. The number of aliphatic imine (C=N–C) groups is 1. The highest BCUT2D eigenvalue weighted by atomic mass is 32.2. The van der Waals surface area contributed by atoms with E-state index in [0.29, 0.717) is 28.4 Å². The minimum absolute atomic E-state index is 0.239. The van der Waals surface area contributed by atoms with Crippen LogP contribution in [0.5, 0.6) is 5.75 Å². The first-order valence-electron chi connectivity index (χ1n) is 9.77. The van der Waals surface area contributed by atoms with Gasteiger partial charge in [0.15, 0.2) is 6.61 Å². The smallest absolute Gasteiger partial charge is 0.338 e. The molecule has 0 spiro atoms. The van der Waals surface area contributed by atoms with Gasteiger partial charge in [-0.25, -0.2) is 4.79 Å². The molecule has 2 N–H and O–H groups in total. The maximum absolute atomic E-state index is 12.6. The van der Waals surface area contributed by atoms with Crippen LogP contribution in [0.25, 0.3) is 0 Å². The molecule has 10 heteroatoms. The SMILES string of the molecule is COc1ccc(NC(C)=O)cc1NC(=O)COC(=O)c1ccccc1CSC1=NCCS1. The van der Waals surface area contributed by atoms with Gasteiger partial charge in [-0.3, -0.25) is 14.6 Å². The van der Waals surface area contributed by atoms with Gasteiger partial charge in [0.2, 0.25) is 5.91 Å². The lowest BCUT2D eigenvalue weighted by Gasteiger charge is -2.13. The second-order valence-electron chi connectivity index (χ2n) is 6.66. The molecule has 0 fully saturated rings. The average molecular weight is 474 g/mol. The van der Waals surface area contributed by atoms with Crippen LogP contribution >= 0.6 is 23.5 Å². The fourth-order valence-electron chi connectivity index (χ4n) is 2.87. The topological polar surface area (TPSA) is 106 Å². The Balaban J connectivity index is 1.59. The molecule has 0 saturated heterocycles. The minimum Gasteiger partial charge on any atom is -0.495 e.